The molecule has 152 valence electrons. The predicted molar refractivity (Wildman–Crippen MR) is 113 cm³/mol. The Morgan fingerprint density at radius 3 is 2.72 bits per heavy atom. The maximum Gasteiger partial charge on any atom is 0.250 e. The molecule has 29 heavy (non-hydrogen) atoms. The fourth-order valence-corrected chi connectivity index (χ4v) is 4.56. The molecule has 4 rings (SSSR count). The number of H-pyrrole nitrogens is 1. The summed E-state index contributed by atoms with van der Waals surface area (Å²) in [4.78, 5) is 15.4. The lowest BCUT2D eigenvalue weighted by molar-refractivity contribution is 0.0107. The van der Waals surface area contributed by atoms with E-state index >= 15 is 4.39 Å². The summed E-state index contributed by atoms with van der Waals surface area (Å²) in [5.41, 5.74) is 15.9. The third-order valence-corrected chi connectivity index (χ3v) is 6.32. The Labute approximate surface area is 168 Å². The smallest absolute Gasteiger partial charge is 0.250 e. The number of nitrogens with one attached hydrogen (secondary N) is 1. The molecule has 5 nitrogen and oxygen atoms in total. The molecule has 0 saturated carbocycles. The zero-order valence-electron chi connectivity index (χ0n) is 16.9. The van der Waals surface area contributed by atoms with Crippen molar-refractivity contribution in [3.63, 3.8) is 0 Å². The highest BCUT2D eigenvalue weighted by Gasteiger charge is 2.34. The molecule has 1 aliphatic carbocycles. The maximum atomic E-state index is 15.3. The van der Waals surface area contributed by atoms with Crippen LogP contribution in [-0.2, 0) is 12.8 Å². The number of carbonyl (C=O) groups excluding carboxylic acids is 1. The van der Waals surface area contributed by atoms with Gasteiger partial charge in [0.05, 0.1) is 16.7 Å². The maximum absolute atomic E-state index is 15.3. The van der Waals surface area contributed by atoms with E-state index in [4.69, 9.17) is 11.5 Å². The largest absolute Gasteiger partial charge is 0.398 e. The van der Waals surface area contributed by atoms with Crippen LogP contribution in [0.2, 0.25) is 0 Å². The number of fused-ring (bicyclic) bond motifs is 3. The Bertz CT molecular complexity index is 1140. The summed E-state index contributed by atoms with van der Waals surface area (Å²) < 4.78 is 15.3. The van der Waals surface area contributed by atoms with Gasteiger partial charge in [-0.2, -0.15) is 0 Å². The van der Waals surface area contributed by atoms with Gasteiger partial charge in [-0.25, -0.2) is 4.39 Å². The molecule has 0 fully saturated rings. The first-order valence-electron chi connectivity index (χ1n) is 9.83. The van der Waals surface area contributed by atoms with E-state index in [1.807, 2.05) is 13.0 Å². The van der Waals surface area contributed by atoms with Crippen LogP contribution in [0.5, 0.6) is 0 Å². The van der Waals surface area contributed by atoms with E-state index in [2.05, 4.69) is 4.98 Å². The Morgan fingerprint density at radius 1 is 1.34 bits per heavy atom. The summed E-state index contributed by atoms with van der Waals surface area (Å²) in [6.07, 6.45) is 2.09. The fraction of sp³-hybridized carbons (Fsp3) is 0.348. The van der Waals surface area contributed by atoms with Crippen LogP contribution in [0, 0.1) is 18.7 Å². The van der Waals surface area contributed by atoms with Crippen molar-refractivity contribution in [2.75, 3.05) is 5.73 Å². The van der Waals surface area contributed by atoms with Crippen molar-refractivity contribution in [1.29, 1.82) is 0 Å². The highest BCUT2D eigenvalue weighted by Crippen LogP contribution is 2.43. The molecule has 2 aromatic carbocycles. The number of halogens is 1. The molecule has 0 radical (unpaired) electrons. The van der Waals surface area contributed by atoms with E-state index in [9.17, 15) is 9.90 Å². The Morgan fingerprint density at radius 2 is 2.07 bits per heavy atom. The normalized spacial score (nSPS) is 16.8. The van der Waals surface area contributed by atoms with E-state index in [0.29, 0.717) is 40.6 Å². The number of rotatable bonds is 3. The van der Waals surface area contributed by atoms with Gasteiger partial charge < -0.3 is 21.6 Å². The molecule has 0 unspecified atom stereocenters. The topological polar surface area (TPSA) is 105 Å². The molecular formula is C23H26FN3O2. The minimum Gasteiger partial charge on any atom is -0.398 e. The van der Waals surface area contributed by atoms with Gasteiger partial charge in [-0.3, -0.25) is 4.79 Å². The number of nitrogen functional groups attached to an aromatic ring is 1. The molecule has 6 N–H and O–H groups in total. The second-order valence-electron chi connectivity index (χ2n) is 8.59. The number of aliphatic hydroxyl groups is 1. The molecule has 1 atom stereocenters. The van der Waals surface area contributed by atoms with Crippen molar-refractivity contribution in [2.45, 2.75) is 45.6 Å². The van der Waals surface area contributed by atoms with Gasteiger partial charge in [0.25, 0.3) is 5.91 Å². The van der Waals surface area contributed by atoms with Crippen molar-refractivity contribution in [1.82, 2.24) is 4.98 Å². The Kier molecular flexibility index (Phi) is 4.42. The van der Waals surface area contributed by atoms with Crippen LogP contribution in [0.1, 0.15) is 47.4 Å². The zero-order chi connectivity index (χ0) is 21.1. The van der Waals surface area contributed by atoms with E-state index < -0.39 is 17.3 Å². The van der Waals surface area contributed by atoms with Crippen LogP contribution >= 0.6 is 0 Å². The highest BCUT2D eigenvalue weighted by molar-refractivity contribution is 6.11. The molecule has 0 bridgehead atoms. The molecule has 3 aromatic rings. The van der Waals surface area contributed by atoms with Crippen LogP contribution < -0.4 is 11.5 Å². The van der Waals surface area contributed by atoms with Gasteiger partial charge in [0.1, 0.15) is 5.82 Å². The van der Waals surface area contributed by atoms with Gasteiger partial charge in [0, 0.05) is 22.3 Å². The number of primary amides is 1. The highest BCUT2D eigenvalue weighted by atomic mass is 19.1. The second-order valence-corrected chi connectivity index (χ2v) is 8.59. The lowest BCUT2D eigenvalue weighted by atomic mass is 9.77. The number of anilines is 1. The lowest BCUT2D eigenvalue weighted by Gasteiger charge is -2.32. The first-order chi connectivity index (χ1) is 13.6. The molecular weight excluding hydrogens is 369 g/mol. The van der Waals surface area contributed by atoms with Crippen molar-refractivity contribution in [3.05, 3.63) is 52.5 Å². The molecule has 0 saturated heterocycles. The first kappa shape index (κ1) is 19.5. The number of carbonyl (C=O) groups is 1. The van der Waals surface area contributed by atoms with Crippen LogP contribution in [0.4, 0.5) is 10.1 Å². The zero-order valence-corrected chi connectivity index (χ0v) is 16.9. The number of amides is 1. The van der Waals surface area contributed by atoms with Crippen LogP contribution in [0.15, 0.2) is 24.3 Å². The van der Waals surface area contributed by atoms with Gasteiger partial charge in [-0.1, -0.05) is 12.1 Å². The van der Waals surface area contributed by atoms with Crippen LogP contribution in [-0.4, -0.2) is 21.6 Å². The Hall–Kier alpha value is -2.86. The molecule has 0 aliphatic heterocycles. The van der Waals surface area contributed by atoms with Gasteiger partial charge in [0.15, 0.2) is 0 Å². The number of benzene rings is 2. The number of nitrogens with two attached hydrogens (primary N) is 2. The van der Waals surface area contributed by atoms with Crippen molar-refractivity contribution in [3.8, 4) is 11.1 Å². The second kappa shape index (κ2) is 6.59. The molecule has 1 heterocycles. The molecule has 0 spiro atoms. The van der Waals surface area contributed by atoms with Gasteiger partial charge in [-0.05, 0) is 74.8 Å². The summed E-state index contributed by atoms with van der Waals surface area (Å²) in [7, 11) is 0. The van der Waals surface area contributed by atoms with Gasteiger partial charge in [-0.15, -0.1) is 0 Å². The number of aromatic nitrogens is 1. The fourth-order valence-electron chi connectivity index (χ4n) is 4.56. The van der Waals surface area contributed by atoms with Crippen LogP contribution in [0.25, 0.3) is 22.0 Å². The van der Waals surface area contributed by atoms with Crippen molar-refractivity contribution < 1.29 is 14.3 Å². The molecule has 1 amide bonds. The standard InChI is InChI=1S/C23H26FN3O2/c1-11-13(5-4-6-17(11)25)19-16(24)10-15(22(26)28)21-20(19)14-8-7-12(23(2,3)29)9-18(14)27-21/h4-6,10,12,27,29H,7-9,25H2,1-3H3,(H2,26,28)/t12-/m0/s1. The number of aromatic amines is 1. The minimum atomic E-state index is -0.819. The summed E-state index contributed by atoms with van der Waals surface area (Å²) in [5.74, 6) is -1.10. The number of hydrogen-bond acceptors (Lipinski definition) is 3. The third kappa shape index (κ3) is 3.08. The quantitative estimate of drug-likeness (QED) is 0.506. The summed E-state index contributed by atoms with van der Waals surface area (Å²) >= 11 is 0. The molecule has 6 heteroatoms. The predicted octanol–water partition coefficient (Wildman–Crippen LogP) is 3.84. The average molecular weight is 395 g/mol. The van der Waals surface area contributed by atoms with E-state index in [0.717, 1.165) is 23.2 Å². The summed E-state index contributed by atoms with van der Waals surface area (Å²) in [6.45, 7) is 5.48. The van der Waals surface area contributed by atoms with Gasteiger partial charge >= 0.3 is 0 Å². The third-order valence-electron chi connectivity index (χ3n) is 6.32. The van der Waals surface area contributed by atoms with E-state index in [1.165, 1.54) is 6.07 Å². The minimum absolute atomic E-state index is 0.0718. The van der Waals surface area contributed by atoms with Gasteiger partial charge in [0.2, 0.25) is 0 Å². The van der Waals surface area contributed by atoms with Crippen LogP contribution in [0.3, 0.4) is 0 Å². The lowest BCUT2D eigenvalue weighted by Crippen LogP contribution is -2.34. The van der Waals surface area contributed by atoms with Crippen molar-refractivity contribution >= 4 is 22.5 Å². The summed E-state index contributed by atoms with van der Waals surface area (Å²) in [5, 5.41) is 11.2. The summed E-state index contributed by atoms with van der Waals surface area (Å²) in [6, 6.07) is 6.63. The number of aryl methyl sites for hydroxylation is 1. The SMILES string of the molecule is Cc1c(N)cccc1-c1c(F)cc(C(N)=O)c2[nH]c3c(c12)CC[C@H](C(C)(C)O)C3. The van der Waals surface area contributed by atoms with E-state index in [-0.39, 0.29) is 11.5 Å². The van der Waals surface area contributed by atoms with Crippen molar-refractivity contribution in [2.24, 2.45) is 11.7 Å². The average Bonchev–Trinajstić information content (AvgIpc) is 3.01. The number of hydrogen-bond donors (Lipinski definition) is 4. The Balaban J connectivity index is 2.05. The molecule has 1 aliphatic rings. The van der Waals surface area contributed by atoms with E-state index in [1.54, 1.807) is 26.0 Å². The first-order valence-corrected chi connectivity index (χ1v) is 9.83. The monoisotopic (exact) mass is 395 g/mol. The molecule has 1 aromatic heterocycles.